The van der Waals surface area contributed by atoms with E-state index in [1.54, 1.807) is 27.7 Å². The van der Waals surface area contributed by atoms with Gasteiger partial charge in [0.1, 0.15) is 17.7 Å². The molecule has 0 spiro atoms. The van der Waals surface area contributed by atoms with Crippen molar-refractivity contribution in [3.05, 3.63) is 0 Å². The highest BCUT2D eigenvalue weighted by Gasteiger charge is 2.33. The molecule has 0 aromatic carbocycles. The van der Waals surface area contributed by atoms with Crippen LogP contribution in [0.1, 0.15) is 87.5 Å². The summed E-state index contributed by atoms with van der Waals surface area (Å²) in [7, 11) is 0. The van der Waals surface area contributed by atoms with Crippen LogP contribution in [0.5, 0.6) is 0 Å². The van der Waals surface area contributed by atoms with E-state index in [0.29, 0.717) is 17.8 Å². The quantitative estimate of drug-likeness (QED) is 0.451. The van der Waals surface area contributed by atoms with Gasteiger partial charge in [0.25, 0.3) is 0 Å². The largest absolute Gasteiger partial charge is 0.458 e. The van der Waals surface area contributed by atoms with E-state index in [-0.39, 0.29) is 12.2 Å². The number of hydrogen-bond donors (Lipinski definition) is 1. The van der Waals surface area contributed by atoms with Crippen molar-refractivity contribution in [2.24, 2.45) is 17.8 Å². The van der Waals surface area contributed by atoms with Crippen molar-refractivity contribution < 1.29 is 23.8 Å². The minimum atomic E-state index is -0.785. The summed E-state index contributed by atoms with van der Waals surface area (Å²) in [6.07, 6.45) is 4.48. The Balaban J connectivity index is 2.66. The summed E-state index contributed by atoms with van der Waals surface area (Å²) in [5.41, 5.74) is -0.618. The van der Waals surface area contributed by atoms with Gasteiger partial charge in [-0.05, 0) is 71.6 Å². The molecule has 1 saturated carbocycles. The normalized spacial score (nSPS) is 18.7. The molecule has 0 aromatic heterocycles. The van der Waals surface area contributed by atoms with Crippen LogP contribution in [-0.4, -0.2) is 42.5 Å². The van der Waals surface area contributed by atoms with Gasteiger partial charge >= 0.3 is 12.1 Å². The molecule has 170 valence electrons. The summed E-state index contributed by atoms with van der Waals surface area (Å²) in [6, 6.07) is -0.785. The highest BCUT2D eigenvalue weighted by molar-refractivity contribution is 5.81. The van der Waals surface area contributed by atoms with Gasteiger partial charge in [0.15, 0.2) is 0 Å². The van der Waals surface area contributed by atoms with Gasteiger partial charge in [0.2, 0.25) is 0 Å². The summed E-state index contributed by atoms with van der Waals surface area (Å²) < 4.78 is 17.2. The maximum Gasteiger partial charge on any atom is 0.408 e. The minimum Gasteiger partial charge on any atom is -0.458 e. The Morgan fingerprint density at radius 1 is 1.07 bits per heavy atom. The molecule has 0 aromatic rings. The van der Waals surface area contributed by atoms with Crippen molar-refractivity contribution in [2.75, 3.05) is 6.61 Å². The third-order valence-electron chi connectivity index (χ3n) is 5.18. The molecule has 1 rings (SSSR count). The first-order valence-corrected chi connectivity index (χ1v) is 11.2. The number of esters is 1. The second-order valence-corrected chi connectivity index (χ2v) is 9.89. The molecule has 1 N–H and O–H groups in total. The van der Waals surface area contributed by atoms with Crippen LogP contribution in [-0.2, 0) is 19.0 Å². The smallest absolute Gasteiger partial charge is 0.408 e. The molecule has 4 atom stereocenters. The van der Waals surface area contributed by atoms with Crippen molar-refractivity contribution in [3.8, 4) is 0 Å². The number of ether oxygens (including phenoxy) is 3. The lowest BCUT2D eigenvalue weighted by Crippen LogP contribution is -2.45. The molecule has 0 radical (unpaired) electrons. The molecule has 1 aliphatic carbocycles. The number of alkyl carbamates (subject to hydrolysis) is 1. The first-order chi connectivity index (χ1) is 13.4. The Labute approximate surface area is 177 Å². The molecule has 0 unspecified atom stereocenters. The number of amides is 1. The molecule has 1 fully saturated rings. The van der Waals surface area contributed by atoms with Gasteiger partial charge < -0.3 is 19.5 Å². The highest BCUT2D eigenvalue weighted by Crippen LogP contribution is 2.32. The molecule has 6 nitrogen and oxygen atoms in total. The van der Waals surface area contributed by atoms with Gasteiger partial charge in [-0.15, -0.1) is 0 Å². The zero-order chi connectivity index (χ0) is 22.2. The lowest BCUT2D eigenvalue weighted by atomic mass is 9.88. The van der Waals surface area contributed by atoms with Gasteiger partial charge in [-0.2, -0.15) is 0 Å². The molecule has 0 saturated heterocycles. The number of nitrogens with one attached hydrogen (secondary N) is 1. The van der Waals surface area contributed by atoms with E-state index in [4.69, 9.17) is 14.2 Å². The van der Waals surface area contributed by atoms with Gasteiger partial charge in [0, 0.05) is 6.61 Å². The predicted molar refractivity (Wildman–Crippen MR) is 115 cm³/mol. The van der Waals surface area contributed by atoms with E-state index in [2.05, 4.69) is 26.1 Å². The number of hydrogen-bond acceptors (Lipinski definition) is 5. The topological polar surface area (TPSA) is 73.9 Å². The molecule has 6 heteroatoms. The average Bonchev–Trinajstić information content (AvgIpc) is 3.39. The van der Waals surface area contributed by atoms with Crippen molar-refractivity contribution >= 4 is 12.1 Å². The first kappa shape index (κ1) is 25.7. The second-order valence-electron chi connectivity index (χ2n) is 9.89. The van der Waals surface area contributed by atoms with Crippen LogP contribution >= 0.6 is 0 Å². The Morgan fingerprint density at radius 3 is 2.17 bits per heavy atom. The van der Waals surface area contributed by atoms with E-state index in [1.165, 1.54) is 12.8 Å². The fourth-order valence-corrected chi connectivity index (χ4v) is 3.23. The summed E-state index contributed by atoms with van der Waals surface area (Å²) >= 11 is 0. The van der Waals surface area contributed by atoms with E-state index in [0.717, 1.165) is 25.9 Å². The molecule has 0 bridgehead atoms. The highest BCUT2D eigenvalue weighted by atomic mass is 16.6. The molecule has 29 heavy (non-hydrogen) atoms. The molecule has 1 aliphatic rings. The minimum absolute atomic E-state index is 0.128. The molecule has 1 amide bonds. The van der Waals surface area contributed by atoms with Crippen LogP contribution in [0.3, 0.4) is 0 Å². The summed E-state index contributed by atoms with van der Waals surface area (Å²) in [5.74, 6) is 1.15. The van der Waals surface area contributed by atoms with Crippen LogP contribution in [0.4, 0.5) is 4.79 Å². The van der Waals surface area contributed by atoms with Crippen molar-refractivity contribution in [1.29, 1.82) is 0 Å². The summed E-state index contributed by atoms with van der Waals surface area (Å²) in [4.78, 5) is 24.5. The van der Waals surface area contributed by atoms with Gasteiger partial charge in [-0.25, -0.2) is 9.59 Å². The van der Waals surface area contributed by atoms with Crippen molar-refractivity contribution in [1.82, 2.24) is 5.32 Å². The zero-order valence-electron chi connectivity index (χ0n) is 19.7. The summed E-state index contributed by atoms with van der Waals surface area (Å²) in [5, 5.41) is 2.55. The van der Waals surface area contributed by atoms with Crippen LogP contribution < -0.4 is 5.32 Å². The number of rotatable bonds is 12. The van der Waals surface area contributed by atoms with Crippen molar-refractivity contribution in [3.63, 3.8) is 0 Å². The van der Waals surface area contributed by atoms with Crippen LogP contribution in [0, 0.1) is 17.8 Å². The summed E-state index contributed by atoms with van der Waals surface area (Å²) in [6.45, 7) is 16.2. The van der Waals surface area contributed by atoms with E-state index < -0.39 is 23.7 Å². The lowest BCUT2D eigenvalue weighted by molar-refractivity contribution is -0.162. The van der Waals surface area contributed by atoms with Crippen LogP contribution in [0.2, 0.25) is 0 Å². The Bertz CT molecular complexity index is 510. The standard InChI is InChI=1S/C23H43NO5/c1-9-19(13-10-15(2)3)20(27-14-18-11-12-18)17(5)28-21(25)16(4)24-22(26)29-23(6,7)8/h15-20H,9-14H2,1-8H3,(H,24,26)/t16-,17-,19-,20+/m0/s1. The van der Waals surface area contributed by atoms with E-state index >= 15 is 0 Å². The molecule has 0 heterocycles. The molecular weight excluding hydrogens is 370 g/mol. The Kier molecular flexibility index (Phi) is 10.4. The predicted octanol–water partition coefficient (Wildman–Crippen LogP) is 5.09. The molecule has 0 aliphatic heterocycles. The Hall–Kier alpha value is -1.30. The molecular formula is C23H43NO5. The SMILES string of the molecule is CC[C@@H](CCC(C)C)[C@H](OCC1CC1)[C@H](C)OC(=O)[C@H](C)NC(=O)OC(C)(C)C. The van der Waals surface area contributed by atoms with Crippen LogP contribution in [0.15, 0.2) is 0 Å². The van der Waals surface area contributed by atoms with E-state index in [1.807, 2.05) is 6.92 Å². The Morgan fingerprint density at radius 2 is 1.69 bits per heavy atom. The average molecular weight is 414 g/mol. The monoisotopic (exact) mass is 413 g/mol. The van der Waals surface area contributed by atoms with Crippen molar-refractivity contribution in [2.45, 2.75) is 111 Å². The second kappa shape index (κ2) is 11.8. The maximum absolute atomic E-state index is 12.5. The van der Waals surface area contributed by atoms with Gasteiger partial charge in [-0.1, -0.05) is 33.6 Å². The first-order valence-electron chi connectivity index (χ1n) is 11.2. The van der Waals surface area contributed by atoms with Gasteiger partial charge in [-0.3, -0.25) is 0 Å². The zero-order valence-corrected chi connectivity index (χ0v) is 19.7. The fraction of sp³-hybridized carbons (Fsp3) is 0.913. The lowest BCUT2D eigenvalue weighted by Gasteiger charge is -2.32. The van der Waals surface area contributed by atoms with E-state index in [9.17, 15) is 9.59 Å². The fourth-order valence-electron chi connectivity index (χ4n) is 3.23. The van der Waals surface area contributed by atoms with Gasteiger partial charge in [0.05, 0.1) is 6.10 Å². The third-order valence-corrected chi connectivity index (χ3v) is 5.18. The number of carbonyl (C=O) groups is 2. The third kappa shape index (κ3) is 10.9. The number of carbonyl (C=O) groups excluding carboxylic acids is 2. The van der Waals surface area contributed by atoms with Crippen LogP contribution in [0.25, 0.3) is 0 Å². The maximum atomic E-state index is 12.5.